The minimum atomic E-state index is -4.72. The first-order valence-corrected chi connectivity index (χ1v) is 11.5. The molecule has 0 saturated carbocycles. The zero-order chi connectivity index (χ0) is 26.2. The summed E-state index contributed by atoms with van der Waals surface area (Å²) in [6, 6.07) is 12.6. The van der Waals surface area contributed by atoms with Crippen LogP contribution in [0.4, 0.5) is 18.0 Å². The fourth-order valence-electron chi connectivity index (χ4n) is 3.40. The lowest BCUT2D eigenvalue weighted by molar-refractivity contribution is -0.274. The minimum Gasteiger partial charge on any atom is -0.444 e. The fourth-order valence-corrected chi connectivity index (χ4v) is 3.40. The van der Waals surface area contributed by atoms with Gasteiger partial charge >= 0.3 is 12.5 Å². The molecule has 6 nitrogen and oxygen atoms in total. The Morgan fingerprint density at radius 3 is 2.00 bits per heavy atom. The van der Waals surface area contributed by atoms with Crippen molar-refractivity contribution >= 4 is 12.0 Å². The molecule has 0 aliphatic carbocycles. The van der Waals surface area contributed by atoms with Crippen LogP contribution < -0.4 is 10.1 Å². The third-order valence-electron chi connectivity index (χ3n) is 5.10. The van der Waals surface area contributed by atoms with Gasteiger partial charge in [0.05, 0.1) is 0 Å². The maximum absolute atomic E-state index is 12.7. The summed E-state index contributed by atoms with van der Waals surface area (Å²) in [5.74, 6) is -0.509. The number of benzene rings is 2. The molecule has 0 fully saturated rings. The topological polar surface area (TPSA) is 67.9 Å². The fraction of sp³-hybridized carbons (Fsp3) is 0.462. The lowest BCUT2D eigenvalue weighted by atomic mass is 10.0. The molecule has 0 saturated heterocycles. The van der Waals surface area contributed by atoms with Crippen molar-refractivity contribution in [1.29, 1.82) is 0 Å². The molecule has 0 aliphatic rings. The number of carbonyl (C=O) groups is 2. The van der Waals surface area contributed by atoms with Crippen LogP contribution in [0.1, 0.15) is 46.1 Å². The average Bonchev–Trinajstić information content (AvgIpc) is 2.76. The first kappa shape index (κ1) is 28.0. The smallest absolute Gasteiger partial charge is 0.444 e. The van der Waals surface area contributed by atoms with Gasteiger partial charge in [-0.05, 0) is 62.4 Å². The second kappa shape index (κ2) is 12.0. The molecule has 35 heavy (non-hydrogen) atoms. The molecule has 2 amide bonds. The molecule has 1 N–H and O–H groups in total. The molecule has 1 atom stereocenters. The highest BCUT2D eigenvalue weighted by Crippen LogP contribution is 2.26. The van der Waals surface area contributed by atoms with Gasteiger partial charge in [0.1, 0.15) is 17.4 Å². The van der Waals surface area contributed by atoms with Crippen LogP contribution in [0.3, 0.4) is 0 Å². The molecular weight excluding hydrogens is 461 g/mol. The van der Waals surface area contributed by atoms with Crippen molar-refractivity contribution < 1.29 is 32.2 Å². The molecule has 9 heteroatoms. The number of hydrogen-bond donors (Lipinski definition) is 1. The number of nitrogens with one attached hydrogen (secondary N) is 1. The van der Waals surface area contributed by atoms with Crippen LogP contribution in [0.2, 0.25) is 0 Å². The van der Waals surface area contributed by atoms with E-state index in [1.807, 2.05) is 31.2 Å². The molecular formula is C26H33F3N2O4. The van der Waals surface area contributed by atoms with Gasteiger partial charge in [-0.3, -0.25) is 9.69 Å². The van der Waals surface area contributed by atoms with Gasteiger partial charge < -0.3 is 14.8 Å². The third kappa shape index (κ3) is 9.50. The van der Waals surface area contributed by atoms with E-state index in [4.69, 9.17) is 4.74 Å². The average molecular weight is 495 g/mol. The van der Waals surface area contributed by atoms with Crippen molar-refractivity contribution in [3.05, 3.63) is 54.1 Å². The predicted octanol–water partition coefficient (Wildman–Crippen LogP) is 5.95. The Kier molecular flexibility index (Phi) is 9.56. The predicted molar refractivity (Wildman–Crippen MR) is 128 cm³/mol. The number of amides is 2. The van der Waals surface area contributed by atoms with Crippen LogP contribution in [0, 0.1) is 0 Å². The molecule has 0 aliphatic heterocycles. The Morgan fingerprint density at radius 2 is 1.51 bits per heavy atom. The largest absolute Gasteiger partial charge is 0.573 e. The monoisotopic (exact) mass is 494 g/mol. The lowest BCUT2D eigenvalue weighted by Gasteiger charge is -2.30. The third-order valence-corrected chi connectivity index (χ3v) is 5.10. The molecule has 2 aromatic carbocycles. The first-order chi connectivity index (χ1) is 16.3. The summed E-state index contributed by atoms with van der Waals surface area (Å²) in [5, 5.41) is 2.89. The highest BCUT2D eigenvalue weighted by Gasteiger charge is 2.31. The van der Waals surface area contributed by atoms with Crippen molar-refractivity contribution in [2.24, 2.45) is 0 Å². The van der Waals surface area contributed by atoms with E-state index in [-0.39, 0.29) is 11.7 Å². The molecule has 2 rings (SSSR count). The maximum Gasteiger partial charge on any atom is 0.573 e. The summed E-state index contributed by atoms with van der Waals surface area (Å²) < 4.78 is 46.2. The summed E-state index contributed by atoms with van der Waals surface area (Å²) in [7, 11) is 1.56. The van der Waals surface area contributed by atoms with Gasteiger partial charge in [-0.15, -0.1) is 13.2 Å². The van der Waals surface area contributed by atoms with E-state index < -0.39 is 24.1 Å². The quantitative estimate of drug-likeness (QED) is 0.468. The molecule has 2 aromatic rings. The van der Waals surface area contributed by atoms with Crippen LogP contribution in [0.15, 0.2) is 48.5 Å². The van der Waals surface area contributed by atoms with Crippen molar-refractivity contribution in [2.75, 3.05) is 13.6 Å². The number of rotatable bonds is 9. The normalized spacial score (nSPS) is 12.6. The van der Waals surface area contributed by atoms with E-state index >= 15 is 0 Å². The van der Waals surface area contributed by atoms with Crippen molar-refractivity contribution in [1.82, 2.24) is 10.2 Å². The molecule has 0 spiro atoms. The van der Waals surface area contributed by atoms with Gasteiger partial charge in [0.25, 0.3) is 0 Å². The van der Waals surface area contributed by atoms with Crippen molar-refractivity contribution in [3.63, 3.8) is 0 Å². The standard InChI is InChI=1S/C26H33F3N2O4/c1-6-7-22(31(5)24(33)35-25(2,3)4)23(32)30-17-16-18-8-10-19(11-9-18)20-12-14-21(15-13-20)34-26(27,28)29/h8-15,22H,6-7,16-17H2,1-5H3,(H,30,32)/t22-/m0/s1. The molecule has 192 valence electrons. The number of ether oxygens (including phenoxy) is 2. The number of alkyl halides is 3. The van der Waals surface area contributed by atoms with E-state index in [1.54, 1.807) is 40.0 Å². The number of nitrogens with zero attached hydrogens (tertiary/aromatic N) is 1. The summed E-state index contributed by atoms with van der Waals surface area (Å²) in [4.78, 5) is 26.5. The molecule has 0 radical (unpaired) electrons. The Labute approximate surface area is 204 Å². The Balaban J connectivity index is 1.91. The Bertz CT molecular complexity index is 968. The molecule has 0 heterocycles. The zero-order valence-corrected chi connectivity index (χ0v) is 20.7. The van der Waals surface area contributed by atoms with E-state index in [9.17, 15) is 22.8 Å². The number of likely N-dealkylation sites (N-methyl/N-ethyl adjacent to an activating group) is 1. The second-order valence-electron chi connectivity index (χ2n) is 9.21. The highest BCUT2D eigenvalue weighted by molar-refractivity contribution is 5.85. The molecule has 0 aromatic heterocycles. The summed E-state index contributed by atoms with van der Waals surface area (Å²) in [5.41, 5.74) is 1.94. The van der Waals surface area contributed by atoms with Crippen LogP contribution in [0.5, 0.6) is 5.75 Å². The van der Waals surface area contributed by atoms with Crippen LogP contribution in [-0.2, 0) is 16.0 Å². The second-order valence-corrected chi connectivity index (χ2v) is 9.21. The van der Waals surface area contributed by atoms with E-state index in [1.165, 1.54) is 17.0 Å². The highest BCUT2D eigenvalue weighted by atomic mass is 19.4. The van der Waals surface area contributed by atoms with Crippen LogP contribution in [-0.4, -0.2) is 48.5 Å². The van der Waals surface area contributed by atoms with Gasteiger partial charge in [0.2, 0.25) is 5.91 Å². The number of carbonyl (C=O) groups excluding carboxylic acids is 2. The van der Waals surface area contributed by atoms with Crippen LogP contribution >= 0.6 is 0 Å². The van der Waals surface area contributed by atoms with E-state index in [2.05, 4.69) is 10.1 Å². The van der Waals surface area contributed by atoms with Gasteiger partial charge in [0, 0.05) is 13.6 Å². The SMILES string of the molecule is CCC[C@@H](C(=O)NCCc1ccc(-c2ccc(OC(F)(F)F)cc2)cc1)N(C)C(=O)OC(C)(C)C. The van der Waals surface area contributed by atoms with E-state index in [0.717, 1.165) is 23.1 Å². The zero-order valence-electron chi connectivity index (χ0n) is 20.7. The van der Waals surface area contributed by atoms with Crippen LogP contribution in [0.25, 0.3) is 11.1 Å². The summed E-state index contributed by atoms with van der Waals surface area (Å²) >= 11 is 0. The van der Waals surface area contributed by atoms with Crippen molar-refractivity contribution in [3.8, 4) is 16.9 Å². The first-order valence-electron chi connectivity index (χ1n) is 11.5. The number of hydrogen-bond acceptors (Lipinski definition) is 4. The number of halogens is 3. The minimum absolute atomic E-state index is 0.238. The Hall–Kier alpha value is -3.23. The molecule has 0 bridgehead atoms. The summed E-state index contributed by atoms with van der Waals surface area (Å²) in [6.45, 7) is 7.66. The van der Waals surface area contributed by atoms with Gasteiger partial charge in [-0.1, -0.05) is 49.7 Å². The lowest BCUT2D eigenvalue weighted by Crippen LogP contribution is -2.49. The van der Waals surface area contributed by atoms with Gasteiger partial charge in [-0.25, -0.2) is 4.79 Å². The summed E-state index contributed by atoms with van der Waals surface area (Å²) in [6.07, 6.45) is -3.43. The van der Waals surface area contributed by atoms with Gasteiger partial charge in [0.15, 0.2) is 0 Å². The Morgan fingerprint density at radius 1 is 0.971 bits per heavy atom. The molecule has 0 unspecified atom stereocenters. The maximum atomic E-state index is 12.7. The van der Waals surface area contributed by atoms with Crippen molar-refractivity contribution in [2.45, 2.75) is 65.0 Å². The van der Waals surface area contributed by atoms with Gasteiger partial charge in [-0.2, -0.15) is 0 Å². The van der Waals surface area contributed by atoms with E-state index in [0.29, 0.717) is 19.4 Å².